The van der Waals surface area contributed by atoms with Crippen LogP contribution in [-0.2, 0) is 0 Å². The van der Waals surface area contributed by atoms with Crippen LogP contribution >= 0.6 is 23.5 Å². The van der Waals surface area contributed by atoms with Crippen LogP contribution in [0.15, 0.2) is 341 Å². The zero-order valence-electron chi connectivity index (χ0n) is 46.9. The SMILES string of the molecule is C1=C2B3c4ccccc4Sc4cc(N(c5ccccc5)c5ccccc5-c5ccccc5)cc(c43)N(c3ccccc3-c3ccccc3)C2=CC2Sc3cc(N(c4ccccc4)c4ccccc4)cc4c3B(c3ccccc3N4c3ccccc3)C12. The van der Waals surface area contributed by atoms with Crippen LogP contribution < -0.4 is 41.5 Å². The molecule has 4 heterocycles. The molecule has 404 valence electrons. The third-order valence-corrected chi connectivity index (χ3v) is 20.3. The van der Waals surface area contributed by atoms with E-state index in [4.69, 9.17) is 0 Å². The molecule has 0 radical (unpaired) electrons. The average Bonchev–Trinajstić information content (AvgIpc) is 0.782. The molecule has 4 nitrogen and oxygen atoms in total. The highest BCUT2D eigenvalue weighted by molar-refractivity contribution is 8.00. The molecule has 0 saturated carbocycles. The molecule has 17 rings (SSSR count). The standard InChI is InChI=1S/C78H54B2N4S2/c1-7-27-53(28-8-1)61-39-19-23-43-67(61)82(57-35-15-5-16-36-57)60-48-72-78-75(50-60)85-73-46-26-22-42-64(73)80(78)65-51-66-74(52-70(65)84(72)68-44-24-20-40-62(68)54-29-9-2-10-30-54)86-76-49-59(81(55-31-11-3-12-32-55)56-33-13-4-14-34-56)47-71-77(76)79(66)63-41-21-25-45-69(63)83(71)58-37-17-6-18-38-58/h1-52,66,74H. The second-order valence-corrected chi connectivity index (χ2v) is 25.0. The molecule has 12 aromatic carbocycles. The van der Waals surface area contributed by atoms with Gasteiger partial charge in [0, 0.05) is 87.9 Å². The Labute approximate surface area is 512 Å². The van der Waals surface area contributed by atoms with Gasteiger partial charge in [-0.2, -0.15) is 0 Å². The van der Waals surface area contributed by atoms with Crippen molar-refractivity contribution < 1.29 is 0 Å². The van der Waals surface area contributed by atoms with Crippen LogP contribution in [0.5, 0.6) is 0 Å². The summed E-state index contributed by atoms with van der Waals surface area (Å²) < 4.78 is 0. The summed E-state index contributed by atoms with van der Waals surface area (Å²) in [6, 6.07) is 112. The first kappa shape index (κ1) is 50.6. The van der Waals surface area contributed by atoms with E-state index in [1.807, 2.05) is 23.5 Å². The Morgan fingerprint density at radius 3 is 1.52 bits per heavy atom. The number of allylic oxidation sites excluding steroid dienone is 2. The van der Waals surface area contributed by atoms with Crippen molar-refractivity contribution in [2.75, 3.05) is 19.6 Å². The summed E-state index contributed by atoms with van der Waals surface area (Å²) in [7, 11) is 0. The monoisotopic (exact) mass is 1130 g/mol. The van der Waals surface area contributed by atoms with Gasteiger partial charge in [0.1, 0.15) is 0 Å². The third kappa shape index (κ3) is 8.34. The predicted octanol–water partition coefficient (Wildman–Crippen LogP) is 18.5. The third-order valence-electron chi connectivity index (χ3n) is 17.9. The molecular formula is C78H54B2N4S2. The highest BCUT2D eigenvalue weighted by Crippen LogP contribution is 2.56. The Bertz CT molecular complexity index is 4600. The van der Waals surface area contributed by atoms with Crippen LogP contribution in [-0.4, -0.2) is 18.7 Å². The van der Waals surface area contributed by atoms with Gasteiger partial charge < -0.3 is 19.6 Å². The largest absolute Gasteiger partial charge is 0.311 e. The molecule has 0 N–H and O–H groups in total. The Kier molecular flexibility index (Phi) is 12.4. The molecule has 12 aromatic rings. The summed E-state index contributed by atoms with van der Waals surface area (Å²) in [5.41, 5.74) is 25.4. The van der Waals surface area contributed by atoms with Gasteiger partial charge in [-0.3, -0.25) is 0 Å². The van der Waals surface area contributed by atoms with E-state index in [1.165, 1.54) is 87.0 Å². The molecular weight excluding hydrogens is 1080 g/mol. The van der Waals surface area contributed by atoms with Gasteiger partial charge in [0.05, 0.1) is 11.4 Å². The zero-order chi connectivity index (χ0) is 56.7. The minimum absolute atomic E-state index is 0.0289. The van der Waals surface area contributed by atoms with Crippen molar-refractivity contribution in [2.45, 2.75) is 25.8 Å². The zero-order valence-corrected chi connectivity index (χ0v) is 48.6. The lowest BCUT2D eigenvalue weighted by Crippen LogP contribution is -2.59. The van der Waals surface area contributed by atoms with Crippen LogP contribution in [0.25, 0.3) is 22.3 Å². The van der Waals surface area contributed by atoms with E-state index in [2.05, 4.69) is 335 Å². The molecule has 86 heavy (non-hydrogen) atoms. The maximum atomic E-state index is 2.76. The second kappa shape index (κ2) is 21.0. The van der Waals surface area contributed by atoms with E-state index in [-0.39, 0.29) is 24.5 Å². The van der Waals surface area contributed by atoms with Crippen LogP contribution in [0.2, 0.25) is 5.82 Å². The molecule has 0 aromatic heterocycles. The van der Waals surface area contributed by atoms with Crippen molar-refractivity contribution in [3.8, 4) is 22.3 Å². The van der Waals surface area contributed by atoms with E-state index < -0.39 is 0 Å². The summed E-state index contributed by atoms with van der Waals surface area (Å²) in [6.45, 7) is 0.0353. The van der Waals surface area contributed by atoms with Gasteiger partial charge in [0.25, 0.3) is 0 Å². The van der Waals surface area contributed by atoms with E-state index in [1.54, 1.807) is 0 Å². The summed E-state index contributed by atoms with van der Waals surface area (Å²) in [6.07, 6.45) is 5.45. The van der Waals surface area contributed by atoms with Crippen molar-refractivity contribution in [3.63, 3.8) is 0 Å². The van der Waals surface area contributed by atoms with Crippen LogP contribution in [0.3, 0.4) is 0 Å². The molecule has 8 heteroatoms. The number of hydrogen-bond acceptors (Lipinski definition) is 6. The summed E-state index contributed by atoms with van der Waals surface area (Å²) in [5, 5.41) is 0.0648. The minimum atomic E-state index is -0.0289. The lowest BCUT2D eigenvalue weighted by molar-refractivity contribution is 0.970. The fraction of sp³-hybridized carbons (Fsp3) is 0.0256. The maximum absolute atomic E-state index is 2.76. The Balaban J connectivity index is 0.933. The van der Waals surface area contributed by atoms with Crippen molar-refractivity contribution in [1.82, 2.24) is 0 Å². The number of para-hydroxylation sites is 7. The number of hydrogen-bond donors (Lipinski definition) is 0. The van der Waals surface area contributed by atoms with Crippen LogP contribution in [0.1, 0.15) is 0 Å². The first-order chi connectivity index (χ1) is 42.7. The highest BCUT2D eigenvalue weighted by Gasteiger charge is 2.52. The second-order valence-electron chi connectivity index (χ2n) is 22.6. The van der Waals surface area contributed by atoms with E-state index >= 15 is 0 Å². The summed E-state index contributed by atoms with van der Waals surface area (Å²) >= 11 is 3.95. The van der Waals surface area contributed by atoms with Crippen molar-refractivity contribution >= 4 is 121 Å². The molecule has 0 amide bonds. The average molecular weight is 1130 g/mol. The lowest BCUT2D eigenvalue weighted by Gasteiger charge is -2.49. The van der Waals surface area contributed by atoms with Crippen LogP contribution in [0.4, 0.5) is 62.6 Å². The van der Waals surface area contributed by atoms with E-state index in [0.717, 1.165) is 45.5 Å². The predicted molar refractivity (Wildman–Crippen MR) is 367 cm³/mol. The van der Waals surface area contributed by atoms with Gasteiger partial charge in [0.2, 0.25) is 13.4 Å². The number of fused-ring (bicyclic) bond motifs is 8. The van der Waals surface area contributed by atoms with Gasteiger partial charge in [-0.25, -0.2) is 0 Å². The first-order valence-electron chi connectivity index (χ1n) is 29.7. The van der Waals surface area contributed by atoms with Crippen molar-refractivity contribution in [1.29, 1.82) is 0 Å². The molecule has 0 spiro atoms. The first-order valence-corrected chi connectivity index (χ1v) is 31.4. The Morgan fingerprint density at radius 1 is 0.349 bits per heavy atom. The summed E-state index contributed by atoms with van der Waals surface area (Å²) in [5.74, 6) is 0.120. The number of nitrogens with zero attached hydrogens (tertiary/aromatic N) is 4. The normalized spacial score (nSPS) is 15.6. The molecule has 2 atom stereocenters. The van der Waals surface area contributed by atoms with Crippen LogP contribution in [0, 0.1) is 0 Å². The topological polar surface area (TPSA) is 13.0 Å². The lowest BCUT2D eigenvalue weighted by atomic mass is 9.28. The van der Waals surface area contributed by atoms with Gasteiger partial charge >= 0.3 is 0 Å². The molecule has 2 unspecified atom stereocenters. The smallest absolute Gasteiger partial charge is 0.249 e. The molecule has 4 aliphatic heterocycles. The van der Waals surface area contributed by atoms with Gasteiger partial charge in [-0.05, 0) is 142 Å². The maximum Gasteiger partial charge on any atom is 0.249 e. The number of thioether (sulfide) groups is 1. The van der Waals surface area contributed by atoms with Crippen molar-refractivity contribution in [3.05, 3.63) is 327 Å². The minimum Gasteiger partial charge on any atom is -0.311 e. The number of rotatable bonds is 10. The van der Waals surface area contributed by atoms with E-state index in [0.29, 0.717) is 0 Å². The Morgan fingerprint density at radius 2 is 0.849 bits per heavy atom. The fourth-order valence-electron chi connectivity index (χ4n) is 14.3. The molecule has 0 saturated heterocycles. The molecule has 0 bridgehead atoms. The molecule has 5 aliphatic rings. The quantitative estimate of drug-likeness (QED) is 0.126. The van der Waals surface area contributed by atoms with E-state index in [9.17, 15) is 0 Å². The van der Waals surface area contributed by atoms with Gasteiger partial charge in [-0.15, -0.1) is 11.8 Å². The Hall–Kier alpha value is -9.85. The van der Waals surface area contributed by atoms with Gasteiger partial charge in [-0.1, -0.05) is 230 Å². The molecule has 1 aliphatic carbocycles. The number of benzene rings is 12. The number of anilines is 11. The fourth-order valence-corrected chi connectivity index (χ4v) is 16.9. The highest BCUT2D eigenvalue weighted by atomic mass is 32.2. The van der Waals surface area contributed by atoms with Gasteiger partial charge in [0.15, 0.2) is 0 Å². The molecule has 0 fully saturated rings. The van der Waals surface area contributed by atoms with Crippen molar-refractivity contribution in [2.24, 2.45) is 0 Å². The summed E-state index contributed by atoms with van der Waals surface area (Å²) in [4.78, 5) is 14.0.